The molecule has 0 aromatic carbocycles. The standard InChI is InChI=1S/C13H22N2O/c1-4-7-13(16-3)12(14-2)10-11-8-5-6-9-15-11/h5-6,8-9,12-14H,4,7,10H2,1-3H3. The summed E-state index contributed by atoms with van der Waals surface area (Å²) in [6.45, 7) is 2.18. The molecule has 90 valence electrons. The predicted octanol–water partition coefficient (Wildman–Crippen LogP) is 2.03. The molecule has 0 aliphatic carbocycles. The molecule has 1 rings (SSSR count). The fourth-order valence-corrected chi connectivity index (χ4v) is 1.93. The van der Waals surface area contributed by atoms with Crippen LogP contribution in [0.2, 0.25) is 0 Å². The number of likely N-dealkylation sites (N-methyl/N-ethyl adjacent to an activating group) is 1. The number of nitrogens with zero attached hydrogens (tertiary/aromatic N) is 1. The lowest BCUT2D eigenvalue weighted by molar-refractivity contribution is 0.0630. The largest absolute Gasteiger partial charge is 0.380 e. The average Bonchev–Trinajstić information content (AvgIpc) is 2.35. The van der Waals surface area contributed by atoms with Crippen LogP contribution >= 0.6 is 0 Å². The van der Waals surface area contributed by atoms with Gasteiger partial charge in [0.2, 0.25) is 0 Å². The van der Waals surface area contributed by atoms with Gasteiger partial charge in [-0.2, -0.15) is 0 Å². The summed E-state index contributed by atoms with van der Waals surface area (Å²) in [7, 11) is 3.76. The van der Waals surface area contributed by atoms with E-state index in [1.54, 1.807) is 7.11 Å². The van der Waals surface area contributed by atoms with E-state index in [1.807, 2.05) is 25.4 Å². The normalized spacial score (nSPS) is 14.7. The molecular weight excluding hydrogens is 200 g/mol. The third-order valence-electron chi connectivity index (χ3n) is 2.85. The summed E-state index contributed by atoms with van der Waals surface area (Å²) in [5.41, 5.74) is 1.11. The summed E-state index contributed by atoms with van der Waals surface area (Å²) >= 11 is 0. The van der Waals surface area contributed by atoms with E-state index < -0.39 is 0 Å². The van der Waals surface area contributed by atoms with Crippen molar-refractivity contribution in [3.8, 4) is 0 Å². The van der Waals surface area contributed by atoms with Crippen LogP contribution in [0.4, 0.5) is 0 Å². The summed E-state index contributed by atoms with van der Waals surface area (Å²) in [6.07, 6.45) is 5.23. The van der Waals surface area contributed by atoms with Gasteiger partial charge in [-0.15, -0.1) is 0 Å². The van der Waals surface area contributed by atoms with E-state index >= 15 is 0 Å². The maximum Gasteiger partial charge on any atom is 0.0727 e. The Morgan fingerprint density at radius 1 is 1.44 bits per heavy atom. The SMILES string of the molecule is CCCC(OC)C(Cc1ccccn1)NC. The molecule has 0 saturated carbocycles. The Hall–Kier alpha value is -0.930. The van der Waals surface area contributed by atoms with Crippen LogP contribution in [-0.2, 0) is 11.2 Å². The van der Waals surface area contributed by atoms with Crippen LogP contribution in [0.25, 0.3) is 0 Å². The van der Waals surface area contributed by atoms with Crippen LogP contribution < -0.4 is 5.32 Å². The molecule has 1 N–H and O–H groups in total. The van der Waals surface area contributed by atoms with E-state index in [2.05, 4.69) is 23.3 Å². The molecule has 1 aromatic heterocycles. The summed E-state index contributed by atoms with van der Waals surface area (Å²) in [4.78, 5) is 4.35. The number of hydrogen-bond donors (Lipinski definition) is 1. The van der Waals surface area contributed by atoms with Crippen molar-refractivity contribution in [3.63, 3.8) is 0 Å². The van der Waals surface area contributed by atoms with Gasteiger partial charge in [0.15, 0.2) is 0 Å². The molecule has 1 aromatic rings. The maximum absolute atomic E-state index is 5.53. The van der Waals surface area contributed by atoms with E-state index in [1.165, 1.54) is 0 Å². The summed E-state index contributed by atoms with van der Waals surface area (Å²) < 4.78 is 5.53. The van der Waals surface area contributed by atoms with Gasteiger partial charge in [-0.3, -0.25) is 4.98 Å². The smallest absolute Gasteiger partial charge is 0.0727 e. The minimum absolute atomic E-state index is 0.261. The highest BCUT2D eigenvalue weighted by atomic mass is 16.5. The molecule has 0 fully saturated rings. The highest BCUT2D eigenvalue weighted by Crippen LogP contribution is 2.10. The first kappa shape index (κ1) is 13.1. The molecule has 0 saturated heterocycles. The van der Waals surface area contributed by atoms with Gasteiger partial charge in [-0.25, -0.2) is 0 Å². The van der Waals surface area contributed by atoms with Crippen LogP contribution in [-0.4, -0.2) is 31.3 Å². The summed E-state index contributed by atoms with van der Waals surface area (Å²) in [5, 5.41) is 3.32. The molecule has 16 heavy (non-hydrogen) atoms. The van der Waals surface area contributed by atoms with Gasteiger partial charge in [0.1, 0.15) is 0 Å². The van der Waals surface area contributed by atoms with E-state index in [4.69, 9.17) is 4.74 Å². The Morgan fingerprint density at radius 3 is 2.75 bits per heavy atom. The highest BCUT2D eigenvalue weighted by molar-refractivity contribution is 5.06. The van der Waals surface area contributed by atoms with Crippen molar-refractivity contribution < 1.29 is 4.74 Å². The van der Waals surface area contributed by atoms with Gasteiger partial charge in [0, 0.05) is 31.5 Å². The zero-order valence-electron chi connectivity index (χ0n) is 10.4. The quantitative estimate of drug-likeness (QED) is 0.766. The van der Waals surface area contributed by atoms with Crippen LogP contribution in [0.5, 0.6) is 0 Å². The molecule has 0 amide bonds. The van der Waals surface area contributed by atoms with E-state index in [0.29, 0.717) is 6.04 Å². The lowest BCUT2D eigenvalue weighted by Gasteiger charge is -2.25. The van der Waals surface area contributed by atoms with Crippen LogP contribution in [0.1, 0.15) is 25.5 Å². The second kappa shape index (κ2) is 7.36. The number of nitrogens with one attached hydrogen (secondary N) is 1. The van der Waals surface area contributed by atoms with Gasteiger partial charge >= 0.3 is 0 Å². The van der Waals surface area contributed by atoms with Gasteiger partial charge < -0.3 is 10.1 Å². The van der Waals surface area contributed by atoms with Gasteiger partial charge in [-0.1, -0.05) is 19.4 Å². The fourth-order valence-electron chi connectivity index (χ4n) is 1.93. The summed E-state index contributed by atoms with van der Waals surface area (Å²) in [6, 6.07) is 6.36. The van der Waals surface area contributed by atoms with Gasteiger partial charge in [0.25, 0.3) is 0 Å². The molecule has 2 atom stereocenters. The van der Waals surface area contributed by atoms with Crippen LogP contribution in [0.3, 0.4) is 0 Å². The monoisotopic (exact) mass is 222 g/mol. The first-order valence-corrected chi connectivity index (χ1v) is 5.91. The zero-order chi connectivity index (χ0) is 11.8. The first-order valence-electron chi connectivity index (χ1n) is 5.91. The number of pyridine rings is 1. The Kier molecular flexibility index (Phi) is 6.04. The molecule has 3 nitrogen and oxygen atoms in total. The average molecular weight is 222 g/mol. The molecule has 0 bridgehead atoms. The molecule has 0 aliphatic heterocycles. The third-order valence-corrected chi connectivity index (χ3v) is 2.85. The molecule has 0 spiro atoms. The lowest BCUT2D eigenvalue weighted by Crippen LogP contribution is -2.40. The Morgan fingerprint density at radius 2 is 2.25 bits per heavy atom. The molecule has 2 unspecified atom stereocenters. The molecule has 0 aliphatic rings. The van der Waals surface area contributed by atoms with E-state index in [9.17, 15) is 0 Å². The zero-order valence-corrected chi connectivity index (χ0v) is 10.4. The second-order valence-electron chi connectivity index (χ2n) is 3.98. The Labute approximate surface area is 98.2 Å². The van der Waals surface area contributed by atoms with Crippen molar-refractivity contribution in [1.29, 1.82) is 0 Å². The lowest BCUT2D eigenvalue weighted by atomic mass is 10.0. The summed E-state index contributed by atoms with van der Waals surface area (Å²) in [5.74, 6) is 0. The van der Waals surface area contributed by atoms with Crippen molar-refractivity contribution >= 4 is 0 Å². The molecule has 0 radical (unpaired) electrons. The minimum Gasteiger partial charge on any atom is -0.380 e. The van der Waals surface area contributed by atoms with Gasteiger partial charge in [0.05, 0.1) is 6.10 Å². The number of ether oxygens (including phenoxy) is 1. The topological polar surface area (TPSA) is 34.1 Å². The highest BCUT2D eigenvalue weighted by Gasteiger charge is 2.19. The number of rotatable bonds is 7. The van der Waals surface area contributed by atoms with Gasteiger partial charge in [-0.05, 0) is 25.6 Å². The number of hydrogen-bond acceptors (Lipinski definition) is 3. The molecule has 3 heteroatoms. The van der Waals surface area contributed by atoms with Crippen molar-refractivity contribution in [2.45, 2.75) is 38.3 Å². The fraction of sp³-hybridized carbons (Fsp3) is 0.615. The molecular formula is C13H22N2O. The van der Waals surface area contributed by atoms with Crippen molar-refractivity contribution in [2.75, 3.05) is 14.2 Å². The third kappa shape index (κ3) is 3.91. The minimum atomic E-state index is 0.261. The maximum atomic E-state index is 5.53. The van der Waals surface area contributed by atoms with Crippen molar-refractivity contribution in [1.82, 2.24) is 10.3 Å². The van der Waals surface area contributed by atoms with E-state index in [0.717, 1.165) is 25.0 Å². The predicted molar refractivity (Wildman–Crippen MR) is 66.5 cm³/mol. The second-order valence-corrected chi connectivity index (χ2v) is 3.98. The number of methoxy groups -OCH3 is 1. The van der Waals surface area contributed by atoms with Crippen molar-refractivity contribution in [3.05, 3.63) is 30.1 Å². The first-order chi connectivity index (χ1) is 7.81. The Balaban J connectivity index is 2.60. The van der Waals surface area contributed by atoms with Crippen molar-refractivity contribution in [2.24, 2.45) is 0 Å². The number of aromatic nitrogens is 1. The van der Waals surface area contributed by atoms with E-state index in [-0.39, 0.29) is 6.10 Å². The Bertz CT molecular complexity index is 277. The van der Waals surface area contributed by atoms with Crippen LogP contribution in [0.15, 0.2) is 24.4 Å². The molecule has 1 heterocycles. The van der Waals surface area contributed by atoms with Crippen LogP contribution in [0, 0.1) is 0 Å².